The first-order chi connectivity index (χ1) is 13.0. The molecule has 138 valence electrons. The standard InChI is InChI=1S/C21H22N4O2/c1-14-8-4-6-10-17(14)22-20(26)16(3)25-13-12-19(24-25)21(27)23-18-11-7-5-9-15(18)2/h4-13,16H,1-3H3,(H,22,26)(H,23,27)/t16-/m0/s1. The number of nitrogens with one attached hydrogen (secondary N) is 2. The van der Waals surface area contributed by atoms with E-state index < -0.39 is 6.04 Å². The SMILES string of the molecule is Cc1ccccc1NC(=O)c1ccn([C@@H](C)C(=O)Nc2ccccc2C)n1. The molecule has 3 aromatic rings. The predicted octanol–water partition coefficient (Wildman–Crippen LogP) is 3.95. The Balaban J connectivity index is 1.69. The number of amides is 2. The molecule has 0 bridgehead atoms. The van der Waals surface area contributed by atoms with Gasteiger partial charge in [0.05, 0.1) is 0 Å². The molecule has 2 aromatic carbocycles. The summed E-state index contributed by atoms with van der Waals surface area (Å²) in [5.41, 5.74) is 3.71. The van der Waals surface area contributed by atoms with E-state index in [4.69, 9.17) is 0 Å². The van der Waals surface area contributed by atoms with Gasteiger partial charge in [-0.25, -0.2) is 0 Å². The number of para-hydroxylation sites is 2. The molecule has 1 aromatic heterocycles. The van der Waals surface area contributed by atoms with Crippen LogP contribution in [0.5, 0.6) is 0 Å². The van der Waals surface area contributed by atoms with Crippen LogP contribution >= 0.6 is 0 Å². The Morgan fingerprint density at radius 3 is 2.04 bits per heavy atom. The van der Waals surface area contributed by atoms with Crippen LogP contribution in [0.4, 0.5) is 11.4 Å². The van der Waals surface area contributed by atoms with E-state index in [1.807, 2.05) is 62.4 Å². The molecule has 0 radical (unpaired) electrons. The Morgan fingerprint density at radius 2 is 1.44 bits per heavy atom. The second-order valence-corrected chi connectivity index (χ2v) is 6.43. The largest absolute Gasteiger partial charge is 0.324 e. The van der Waals surface area contributed by atoms with Crippen molar-refractivity contribution in [2.24, 2.45) is 0 Å². The van der Waals surface area contributed by atoms with Crippen LogP contribution in [0.2, 0.25) is 0 Å². The van der Waals surface area contributed by atoms with Gasteiger partial charge < -0.3 is 10.6 Å². The molecule has 0 aliphatic rings. The maximum absolute atomic E-state index is 12.5. The van der Waals surface area contributed by atoms with Crippen LogP contribution in [0.15, 0.2) is 60.8 Å². The van der Waals surface area contributed by atoms with Gasteiger partial charge in [-0.05, 0) is 50.1 Å². The van der Waals surface area contributed by atoms with E-state index in [2.05, 4.69) is 15.7 Å². The highest BCUT2D eigenvalue weighted by atomic mass is 16.2. The van der Waals surface area contributed by atoms with Crippen LogP contribution in [0.1, 0.15) is 34.6 Å². The molecule has 0 aliphatic carbocycles. The predicted molar refractivity (Wildman–Crippen MR) is 106 cm³/mol. The van der Waals surface area contributed by atoms with E-state index in [1.54, 1.807) is 19.2 Å². The van der Waals surface area contributed by atoms with Crippen molar-refractivity contribution in [1.82, 2.24) is 9.78 Å². The van der Waals surface area contributed by atoms with Crippen LogP contribution in [0.25, 0.3) is 0 Å². The van der Waals surface area contributed by atoms with Crippen molar-refractivity contribution in [2.75, 3.05) is 10.6 Å². The second-order valence-electron chi connectivity index (χ2n) is 6.43. The van der Waals surface area contributed by atoms with E-state index in [0.29, 0.717) is 0 Å². The van der Waals surface area contributed by atoms with Gasteiger partial charge in [0.2, 0.25) is 5.91 Å². The maximum Gasteiger partial charge on any atom is 0.276 e. The van der Waals surface area contributed by atoms with Crippen molar-refractivity contribution >= 4 is 23.2 Å². The first-order valence-electron chi connectivity index (χ1n) is 8.74. The molecule has 6 heteroatoms. The lowest BCUT2D eigenvalue weighted by Gasteiger charge is -2.14. The zero-order valence-corrected chi connectivity index (χ0v) is 15.6. The molecular formula is C21H22N4O2. The second kappa shape index (κ2) is 7.86. The Labute approximate surface area is 158 Å². The van der Waals surface area contributed by atoms with Crippen LogP contribution in [0, 0.1) is 13.8 Å². The van der Waals surface area contributed by atoms with Gasteiger partial charge in [-0.1, -0.05) is 36.4 Å². The smallest absolute Gasteiger partial charge is 0.276 e. The highest BCUT2D eigenvalue weighted by Crippen LogP contribution is 2.17. The minimum Gasteiger partial charge on any atom is -0.324 e. The molecule has 0 saturated carbocycles. The summed E-state index contributed by atoms with van der Waals surface area (Å²) < 4.78 is 1.49. The third-order valence-corrected chi connectivity index (χ3v) is 4.41. The number of aryl methyl sites for hydroxylation is 2. The third-order valence-electron chi connectivity index (χ3n) is 4.41. The number of nitrogens with zero attached hydrogens (tertiary/aromatic N) is 2. The summed E-state index contributed by atoms with van der Waals surface area (Å²) in [6.07, 6.45) is 1.63. The lowest BCUT2D eigenvalue weighted by Crippen LogP contribution is -2.25. The normalized spacial score (nSPS) is 11.7. The fraction of sp³-hybridized carbons (Fsp3) is 0.190. The van der Waals surface area contributed by atoms with Crippen LogP contribution in [0.3, 0.4) is 0 Å². The Morgan fingerprint density at radius 1 is 0.889 bits per heavy atom. The van der Waals surface area contributed by atoms with Gasteiger partial charge in [0, 0.05) is 17.6 Å². The topological polar surface area (TPSA) is 76.0 Å². The molecule has 0 aliphatic heterocycles. The van der Waals surface area contributed by atoms with Crippen LogP contribution in [-0.2, 0) is 4.79 Å². The minimum atomic E-state index is -0.551. The van der Waals surface area contributed by atoms with Gasteiger partial charge in [0.15, 0.2) is 5.69 Å². The number of benzene rings is 2. The highest BCUT2D eigenvalue weighted by Gasteiger charge is 2.19. The van der Waals surface area contributed by atoms with Crippen molar-refractivity contribution in [1.29, 1.82) is 0 Å². The lowest BCUT2D eigenvalue weighted by molar-refractivity contribution is -0.119. The number of anilines is 2. The minimum absolute atomic E-state index is 0.196. The van der Waals surface area contributed by atoms with Crippen molar-refractivity contribution in [2.45, 2.75) is 26.8 Å². The zero-order valence-electron chi connectivity index (χ0n) is 15.6. The summed E-state index contributed by atoms with van der Waals surface area (Å²) >= 11 is 0. The maximum atomic E-state index is 12.5. The summed E-state index contributed by atoms with van der Waals surface area (Å²) in [4.78, 5) is 24.9. The van der Waals surface area contributed by atoms with E-state index in [9.17, 15) is 9.59 Å². The molecule has 2 N–H and O–H groups in total. The van der Waals surface area contributed by atoms with E-state index >= 15 is 0 Å². The van der Waals surface area contributed by atoms with Gasteiger partial charge in [-0.2, -0.15) is 5.10 Å². The van der Waals surface area contributed by atoms with Gasteiger partial charge >= 0.3 is 0 Å². The van der Waals surface area contributed by atoms with Gasteiger partial charge in [-0.3, -0.25) is 14.3 Å². The summed E-state index contributed by atoms with van der Waals surface area (Å²) in [7, 11) is 0. The summed E-state index contributed by atoms with van der Waals surface area (Å²) in [6, 6.07) is 16.2. The molecule has 3 rings (SSSR count). The Hall–Kier alpha value is -3.41. The number of rotatable bonds is 5. The summed E-state index contributed by atoms with van der Waals surface area (Å²) in [5.74, 6) is -0.507. The Bertz CT molecular complexity index is 978. The van der Waals surface area contributed by atoms with Crippen LogP contribution < -0.4 is 10.6 Å². The van der Waals surface area contributed by atoms with Crippen molar-refractivity contribution in [3.8, 4) is 0 Å². The van der Waals surface area contributed by atoms with E-state index in [1.165, 1.54) is 4.68 Å². The molecule has 0 fully saturated rings. The molecule has 6 nitrogen and oxygen atoms in total. The van der Waals surface area contributed by atoms with Crippen molar-refractivity contribution in [3.63, 3.8) is 0 Å². The monoisotopic (exact) mass is 362 g/mol. The fourth-order valence-electron chi connectivity index (χ4n) is 2.64. The molecule has 2 amide bonds. The van der Waals surface area contributed by atoms with Crippen molar-refractivity contribution in [3.05, 3.63) is 77.6 Å². The molecular weight excluding hydrogens is 340 g/mol. The van der Waals surface area contributed by atoms with Gasteiger partial charge in [0.25, 0.3) is 5.91 Å². The van der Waals surface area contributed by atoms with E-state index in [-0.39, 0.29) is 17.5 Å². The first-order valence-corrected chi connectivity index (χ1v) is 8.74. The van der Waals surface area contributed by atoms with E-state index in [0.717, 1.165) is 22.5 Å². The molecule has 1 atom stereocenters. The average molecular weight is 362 g/mol. The first kappa shape index (κ1) is 18.4. The van der Waals surface area contributed by atoms with Crippen LogP contribution in [-0.4, -0.2) is 21.6 Å². The summed E-state index contributed by atoms with van der Waals surface area (Å²) in [5, 5.41) is 10.00. The Kier molecular flexibility index (Phi) is 5.35. The van der Waals surface area contributed by atoms with Gasteiger partial charge in [0.1, 0.15) is 6.04 Å². The summed E-state index contributed by atoms with van der Waals surface area (Å²) in [6.45, 7) is 5.60. The highest BCUT2D eigenvalue weighted by molar-refractivity contribution is 6.03. The molecule has 0 spiro atoms. The quantitative estimate of drug-likeness (QED) is 0.721. The number of carbonyl (C=O) groups excluding carboxylic acids is 2. The zero-order chi connectivity index (χ0) is 19.4. The number of hydrogen-bond donors (Lipinski definition) is 2. The lowest BCUT2D eigenvalue weighted by atomic mass is 10.2. The third kappa shape index (κ3) is 4.23. The average Bonchev–Trinajstić information content (AvgIpc) is 3.15. The molecule has 0 unspecified atom stereocenters. The number of aromatic nitrogens is 2. The number of hydrogen-bond acceptors (Lipinski definition) is 3. The van der Waals surface area contributed by atoms with Crippen molar-refractivity contribution < 1.29 is 9.59 Å². The number of carbonyl (C=O) groups is 2. The molecule has 1 heterocycles. The molecule has 0 saturated heterocycles. The molecule has 27 heavy (non-hydrogen) atoms. The fourth-order valence-corrected chi connectivity index (χ4v) is 2.64. The van der Waals surface area contributed by atoms with Gasteiger partial charge in [-0.15, -0.1) is 0 Å².